The molecule has 9 nitrogen and oxygen atoms in total. The lowest BCUT2D eigenvalue weighted by Gasteiger charge is -2.14. The molecule has 0 spiro atoms. The second kappa shape index (κ2) is 13.8. The van der Waals surface area contributed by atoms with Crippen LogP contribution in [0.2, 0.25) is 5.02 Å². The van der Waals surface area contributed by atoms with E-state index < -0.39 is 5.91 Å². The molecule has 0 unspecified atom stereocenters. The number of para-hydroxylation sites is 2. The monoisotopic (exact) mass is 582 g/mol. The lowest BCUT2D eigenvalue weighted by atomic mass is 10.2. The fourth-order valence-corrected chi connectivity index (χ4v) is 4.79. The van der Waals surface area contributed by atoms with Crippen molar-refractivity contribution in [3.05, 3.63) is 82.2 Å². The SMILES string of the molecule is CCOc1cc(/C=C2\SC(=O)N(CCOc3ccccc3OC)C2=O)ccc1OCC(=O)Nc1cccc(Cl)c1. The van der Waals surface area contributed by atoms with E-state index in [0.29, 0.717) is 45.9 Å². The maximum Gasteiger partial charge on any atom is 0.293 e. The van der Waals surface area contributed by atoms with Crippen LogP contribution in [0.4, 0.5) is 10.5 Å². The molecular formula is C29H27ClN2O7S. The van der Waals surface area contributed by atoms with Gasteiger partial charge in [-0.3, -0.25) is 19.3 Å². The van der Waals surface area contributed by atoms with Crippen molar-refractivity contribution >= 4 is 52.2 Å². The number of methoxy groups -OCH3 is 1. The van der Waals surface area contributed by atoms with Crippen molar-refractivity contribution in [2.45, 2.75) is 6.92 Å². The lowest BCUT2D eigenvalue weighted by molar-refractivity contribution is -0.123. The standard InChI is InChI=1S/C29H27ClN2O7S/c1-3-37-25-15-19(11-12-24(25)39-18-27(33)31-21-8-6-7-20(30)17-21)16-26-28(34)32(29(35)40-26)13-14-38-23-10-5-4-9-22(23)36-2/h4-12,15-17H,3,13-14,18H2,1-2H3,(H,31,33)/b26-16-. The highest BCUT2D eigenvalue weighted by Gasteiger charge is 2.35. The number of benzene rings is 3. The minimum Gasteiger partial charge on any atom is -0.493 e. The lowest BCUT2D eigenvalue weighted by Crippen LogP contribution is -2.32. The fraction of sp³-hybridized carbons (Fsp3) is 0.207. The molecular weight excluding hydrogens is 556 g/mol. The maximum absolute atomic E-state index is 12.9. The normalized spacial score (nSPS) is 13.9. The smallest absolute Gasteiger partial charge is 0.293 e. The van der Waals surface area contributed by atoms with Gasteiger partial charge in [-0.2, -0.15) is 0 Å². The Kier molecular flexibility index (Phi) is 9.93. The Balaban J connectivity index is 1.38. The maximum atomic E-state index is 12.9. The number of halogens is 1. The third-order valence-electron chi connectivity index (χ3n) is 5.55. The summed E-state index contributed by atoms with van der Waals surface area (Å²) in [5.74, 6) is 1.08. The first kappa shape index (κ1) is 28.8. The molecule has 1 saturated heterocycles. The molecule has 0 bridgehead atoms. The molecule has 208 valence electrons. The van der Waals surface area contributed by atoms with E-state index in [9.17, 15) is 14.4 Å². The van der Waals surface area contributed by atoms with Gasteiger partial charge in [-0.15, -0.1) is 0 Å². The Labute approximate surface area is 241 Å². The molecule has 0 atom stereocenters. The Bertz CT molecular complexity index is 1430. The number of imide groups is 1. The summed E-state index contributed by atoms with van der Waals surface area (Å²) in [6.45, 7) is 2.14. The third-order valence-corrected chi connectivity index (χ3v) is 6.69. The Hall–Kier alpha value is -4.15. The van der Waals surface area contributed by atoms with Crippen LogP contribution in [-0.4, -0.2) is 55.4 Å². The molecule has 0 aromatic heterocycles. The Morgan fingerprint density at radius 2 is 1.73 bits per heavy atom. The van der Waals surface area contributed by atoms with Crippen molar-refractivity contribution in [1.82, 2.24) is 4.90 Å². The zero-order valence-electron chi connectivity index (χ0n) is 21.8. The molecule has 1 fully saturated rings. The second-order valence-electron chi connectivity index (χ2n) is 8.32. The van der Waals surface area contributed by atoms with E-state index in [4.69, 9.17) is 30.5 Å². The van der Waals surface area contributed by atoms with E-state index in [0.717, 1.165) is 16.7 Å². The molecule has 4 rings (SSSR count). The molecule has 0 saturated carbocycles. The number of carbonyl (C=O) groups is 3. The van der Waals surface area contributed by atoms with Crippen molar-refractivity contribution in [2.24, 2.45) is 0 Å². The van der Waals surface area contributed by atoms with Gasteiger partial charge in [0.1, 0.15) is 6.61 Å². The van der Waals surface area contributed by atoms with E-state index in [-0.39, 0.29) is 35.8 Å². The van der Waals surface area contributed by atoms with Crippen molar-refractivity contribution < 1.29 is 33.3 Å². The van der Waals surface area contributed by atoms with Gasteiger partial charge in [-0.25, -0.2) is 0 Å². The first-order valence-electron chi connectivity index (χ1n) is 12.3. The van der Waals surface area contributed by atoms with Crippen LogP contribution in [0.3, 0.4) is 0 Å². The molecule has 0 radical (unpaired) electrons. The molecule has 1 heterocycles. The summed E-state index contributed by atoms with van der Waals surface area (Å²) >= 11 is 6.81. The van der Waals surface area contributed by atoms with Crippen LogP contribution in [0.5, 0.6) is 23.0 Å². The minimum atomic E-state index is -0.408. The van der Waals surface area contributed by atoms with Gasteiger partial charge in [0.05, 0.1) is 25.2 Å². The van der Waals surface area contributed by atoms with Crippen LogP contribution < -0.4 is 24.3 Å². The van der Waals surface area contributed by atoms with Gasteiger partial charge in [0.25, 0.3) is 17.1 Å². The van der Waals surface area contributed by atoms with E-state index in [1.165, 1.54) is 0 Å². The summed E-state index contributed by atoms with van der Waals surface area (Å²) in [5, 5.41) is 2.84. The zero-order valence-corrected chi connectivity index (χ0v) is 23.4. The summed E-state index contributed by atoms with van der Waals surface area (Å²) in [7, 11) is 1.54. The second-order valence-corrected chi connectivity index (χ2v) is 9.75. The molecule has 1 aliphatic rings. The Morgan fingerprint density at radius 1 is 0.950 bits per heavy atom. The van der Waals surface area contributed by atoms with Gasteiger partial charge in [0.15, 0.2) is 29.6 Å². The number of carbonyl (C=O) groups excluding carboxylic acids is 3. The van der Waals surface area contributed by atoms with Crippen molar-refractivity contribution in [3.63, 3.8) is 0 Å². The number of nitrogens with zero attached hydrogens (tertiary/aromatic N) is 1. The minimum absolute atomic E-state index is 0.0915. The largest absolute Gasteiger partial charge is 0.493 e. The van der Waals surface area contributed by atoms with E-state index in [1.54, 1.807) is 67.8 Å². The number of hydrogen-bond acceptors (Lipinski definition) is 8. The number of amides is 3. The summed E-state index contributed by atoms with van der Waals surface area (Å²) in [6.07, 6.45) is 1.62. The van der Waals surface area contributed by atoms with Crippen molar-refractivity contribution in [2.75, 3.05) is 38.8 Å². The van der Waals surface area contributed by atoms with Crippen LogP contribution in [0.15, 0.2) is 71.6 Å². The van der Waals surface area contributed by atoms with E-state index >= 15 is 0 Å². The molecule has 11 heteroatoms. The molecule has 1 N–H and O–H groups in total. The summed E-state index contributed by atoms with van der Waals surface area (Å²) < 4.78 is 22.3. The average Bonchev–Trinajstić information content (AvgIpc) is 3.20. The summed E-state index contributed by atoms with van der Waals surface area (Å²) in [6, 6.07) is 19.0. The van der Waals surface area contributed by atoms with Crippen LogP contribution in [0.25, 0.3) is 6.08 Å². The van der Waals surface area contributed by atoms with Crippen LogP contribution in [-0.2, 0) is 9.59 Å². The van der Waals surface area contributed by atoms with Crippen LogP contribution >= 0.6 is 23.4 Å². The van der Waals surface area contributed by atoms with E-state index in [2.05, 4.69) is 5.32 Å². The number of hydrogen-bond donors (Lipinski definition) is 1. The number of nitrogens with one attached hydrogen (secondary N) is 1. The molecule has 40 heavy (non-hydrogen) atoms. The van der Waals surface area contributed by atoms with E-state index in [1.807, 2.05) is 19.1 Å². The van der Waals surface area contributed by atoms with Crippen LogP contribution in [0.1, 0.15) is 12.5 Å². The highest BCUT2D eigenvalue weighted by Crippen LogP contribution is 2.35. The number of thioether (sulfide) groups is 1. The number of rotatable bonds is 12. The molecule has 1 aliphatic heterocycles. The summed E-state index contributed by atoms with van der Waals surface area (Å²) in [4.78, 5) is 39.2. The van der Waals surface area contributed by atoms with Gasteiger partial charge in [-0.1, -0.05) is 35.9 Å². The van der Waals surface area contributed by atoms with Gasteiger partial charge >= 0.3 is 0 Å². The molecule has 0 aliphatic carbocycles. The topological polar surface area (TPSA) is 103 Å². The predicted molar refractivity (Wildman–Crippen MR) is 154 cm³/mol. The fourth-order valence-electron chi connectivity index (χ4n) is 3.74. The average molecular weight is 583 g/mol. The van der Waals surface area contributed by atoms with Crippen LogP contribution in [0, 0.1) is 0 Å². The summed E-state index contributed by atoms with van der Waals surface area (Å²) in [5.41, 5.74) is 1.19. The third kappa shape index (κ3) is 7.49. The highest BCUT2D eigenvalue weighted by molar-refractivity contribution is 8.18. The van der Waals surface area contributed by atoms with Crippen molar-refractivity contribution in [1.29, 1.82) is 0 Å². The molecule has 3 aromatic rings. The number of ether oxygens (including phenoxy) is 4. The first-order chi connectivity index (χ1) is 19.4. The van der Waals surface area contributed by atoms with Crippen molar-refractivity contribution in [3.8, 4) is 23.0 Å². The number of anilines is 1. The van der Waals surface area contributed by atoms with Gasteiger partial charge in [0, 0.05) is 10.7 Å². The van der Waals surface area contributed by atoms with Gasteiger partial charge in [-0.05, 0) is 72.8 Å². The quantitative estimate of drug-likeness (QED) is 0.264. The van der Waals surface area contributed by atoms with Gasteiger partial charge in [0.2, 0.25) is 0 Å². The first-order valence-corrected chi connectivity index (χ1v) is 13.5. The molecule has 3 amide bonds. The van der Waals surface area contributed by atoms with Gasteiger partial charge < -0.3 is 24.3 Å². The highest BCUT2D eigenvalue weighted by atomic mass is 35.5. The zero-order chi connectivity index (χ0) is 28.5. The predicted octanol–water partition coefficient (Wildman–Crippen LogP) is 5.88. The Morgan fingerprint density at radius 3 is 2.48 bits per heavy atom. The molecule has 3 aromatic carbocycles.